The first-order valence-electron chi connectivity index (χ1n) is 9.14. The highest BCUT2D eigenvalue weighted by Gasteiger charge is 2.29. The molecule has 1 N–H and O–H groups in total. The molecule has 0 aliphatic carbocycles. The zero-order valence-corrected chi connectivity index (χ0v) is 16.3. The number of aromatic amines is 1. The number of hydrogen-bond donors (Lipinski definition) is 1. The van der Waals surface area contributed by atoms with Gasteiger partial charge in [-0.25, -0.2) is 4.98 Å². The molecule has 1 saturated heterocycles. The van der Waals surface area contributed by atoms with Gasteiger partial charge < -0.3 is 9.80 Å². The third-order valence-electron chi connectivity index (χ3n) is 4.95. The number of anilines is 1. The molecule has 2 aromatic rings. The first-order chi connectivity index (χ1) is 13.4. The number of carbonyl (C=O) groups excluding carboxylic acids is 1. The molecule has 8 nitrogen and oxygen atoms in total. The monoisotopic (exact) mass is 380 g/mol. The fourth-order valence-electron chi connectivity index (χ4n) is 3.33. The Bertz CT molecular complexity index is 944. The lowest BCUT2D eigenvalue weighted by atomic mass is 10.1. The molecule has 146 valence electrons. The quantitative estimate of drug-likeness (QED) is 0.833. The number of H-pyrrole nitrogens is 1. The van der Waals surface area contributed by atoms with Gasteiger partial charge >= 0.3 is 0 Å². The lowest BCUT2D eigenvalue weighted by Gasteiger charge is -2.24. The normalized spacial score (nSPS) is 16.2. The Hall–Kier alpha value is -3.18. The zero-order valence-electron chi connectivity index (χ0n) is 16.3. The molecule has 1 aromatic heterocycles. The Morgan fingerprint density at radius 3 is 2.68 bits per heavy atom. The lowest BCUT2D eigenvalue weighted by Crippen LogP contribution is -2.36. The van der Waals surface area contributed by atoms with Crippen LogP contribution in [0, 0.1) is 11.3 Å². The van der Waals surface area contributed by atoms with Crippen LogP contribution in [0.3, 0.4) is 0 Å². The van der Waals surface area contributed by atoms with Crippen LogP contribution < -0.4 is 10.5 Å². The Morgan fingerprint density at radius 1 is 1.32 bits per heavy atom. The van der Waals surface area contributed by atoms with E-state index in [2.05, 4.69) is 20.9 Å². The molecule has 1 atom stereocenters. The van der Waals surface area contributed by atoms with Crippen LogP contribution >= 0.6 is 0 Å². The highest BCUT2D eigenvalue weighted by molar-refractivity contribution is 5.94. The number of nitriles is 1. The SMILES string of the molecule is CN(C)c1nc(CN(C)C2CCN(C(=O)c3ccc(C#N)cc3)C2)cc(=O)[nH]1. The van der Waals surface area contributed by atoms with Crippen LogP contribution in [0.2, 0.25) is 0 Å². The maximum Gasteiger partial charge on any atom is 0.253 e. The highest BCUT2D eigenvalue weighted by atomic mass is 16.2. The molecule has 1 amide bonds. The molecule has 1 fully saturated rings. The Labute approximate surface area is 164 Å². The van der Waals surface area contributed by atoms with E-state index in [1.807, 2.05) is 26.0 Å². The van der Waals surface area contributed by atoms with Crippen molar-refractivity contribution >= 4 is 11.9 Å². The molecule has 1 aliphatic heterocycles. The van der Waals surface area contributed by atoms with Crippen molar-refractivity contribution in [2.45, 2.75) is 19.0 Å². The summed E-state index contributed by atoms with van der Waals surface area (Å²) >= 11 is 0. The largest absolute Gasteiger partial charge is 0.348 e. The Kier molecular flexibility index (Phi) is 5.76. The third-order valence-corrected chi connectivity index (χ3v) is 4.95. The molecule has 1 aliphatic rings. The van der Waals surface area contributed by atoms with Gasteiger partial charge in [-0.2, -0.15) is 5.26 Å². The third kappa shape index (κ3) is 4.38. The van der Waals surface area contributed by atoms with Crippen LogP contribution in [-0.4, -0.2) is 65.9 Å². The molecule has 3 rings (SSSR count). The van der Waals surface area contributed by atoms with Gasteiger partial charge in [-0.1, -0.05) is 0 Å². The summed E-state index contributed by atoms with van der Waals surface area (Å²) in [6, 6.07) is 10.5. The van der Waals surface area contributed by atoms with Gasteiger partial charge in [-0.15, -0.1) is 0 Å². The summed E-state index contributed by atoms with van der Waals surface area (Å²) in [5.41, 5.74) is 1.66. The van der Waals surface area contributed by atoms with Gasteiger partial charge in [-0.3, -0.25) is 19.5 Å². The minimum absolute atomic E-state index is 0.0236. The van der Waals surface area contributed by atoms with E-state index in [0.29, 0.717) is 42.4 Å². The number of carbonyl (C=O) groups is 1. The van der Waals surface area contributed by atoms with Gasteiger partial charge in [-0.05, 0) is 37.7 Å². The van der Waals surface area contributed by atoms with Crippen molar-refractivity contribution in [1.82, 2.24) is 19.8 Å². The van der Waals surface area contributed by atoms with Crippen molar-refractivity contribution in [1.29, 1.82) is 5.26 Å². The summed E-state index contributed by atoms with van der Waals surface area (Å²) in [4.78, 5) is 37.5. The number of nitrogens with one attached hydrogen (secondary N) is 1. The topological polar surface area (TPSA) is 96.3 Å². The van der Waals surface area contributed by atoms with E-state index in [1.165, 1.54) is 6.07 Å². The molecule has 0 bridgehead atoms. The second-order valence-corrected chi connectivity index (χ2v) is 7.25. The van der Waals surface area contributed by atoms with Crippen molar-refractivity contribution in [3.05, 3.63) is 57.5 Å². The zero-order chi connectivity index (χ0) is 20.3. The summed E-state index contributed by atoms with van der Waals surface area (Å²) in [7, 11) is 5.64. The molecule has 8 heteroatoms. The van der Waals surface area contributed by atoms with E-state index in [-0.39, 0.29) is 17.5 Å². The molecular formula is C20H24N6O2. The molecule has 0 saturated carbocycles. The van der Waals surface area contributed by atoms with Crippen molar-refractivity contribution in [3.8, 4) is 6.07 Å². The van der Waals surface area contributed by atoms with Crippen LogP contribution in [0.5, 0.6) is 0 Å². The maximum absolute atomic E-state index is 12.7. The molecule has 1 aromatic carbocycles. The molecule has 28 heavy (non-hydrogen) atoms. The minimum Gasteiger partial charge on any atom is -0.348 e. The van der Waals surface area contributed by atoms with Gasteiger partial charge in [0.25, 0.3) is 11.5 Å². The van der Waals surface area contributed by atoms with Gasteiger partial charge in [0, 0.05) is 51.4 Å². The number of likely N-dealkylation sites (N-methyl/N-ethyl adjacent to an activating group) is 1. The van der Waals surface area contributed by atoms with E-state index < -0.39 is 0 Å². The lowest BCUT2D eigenvalue weighted by molar-refractivity contribution is 0.0779. The summed E-state index contributed by atoms with van der Waals surface area (Å²) < 4.78 is 0. The second kappa shape index (κ2) is 8.23. The molecular weight excluding hydrogens is 356 g/mol. The van der Waals surface area contributed by atoms with Crippen LogP contribution in [0.25, 0.3) is 0 Å². The summed E-state index contributed by atoms with van der Waals surface area (Å²) in [5, 5.41) is 8.88. The average Bonchev–Trinajstić information content (AvgIpc) is 3.17. The predicted octanol–water partition coefficient (Wildman–Crippen LogP) is 1.05. The fourth-order valence-corrected chi connectivity index (χ4v) is 3.33. The van der Waals surface area contributed by atoms with Crippen LogP contribution in [0.4, 0.5) is 5.95 Å². The van der Waals surface area contributed by atoms with E-state index in [0.717, 1.165) is 6.42 Å². The summed E-state index contributed by atoms with van der Waals surface area (Å²) in [5.74, 6) is 0.504. The number of nitrogens with zero attached hydrogens (tertiary/aromatic N) is 5. The van der Waals surface area contributed by atoms with E-state index in [9.17, 15) is 9.59 Å². The minimum atomic E-state index is -0.175. The predicted molar refractivity (Wildman–Crippen MR) is 106 cm³/mol. The standard InChI is InChI=1S/C20H24N6O2/c1-24(2)20-22-16(10-18(27)23-20)12-25(3)17-8-9-26(13-17)19(28)15-6-4-14(11-21)5-7-15/h4-7,10,17H,8-9,12-13H2,1-3H3,(H,22,23,27). The Balaban J connectivity index is 1.64. The molecule has 2 heterocycles. The number of rotatable bonds is 5. The van der Waals surface area contributed by atoms with Crippen LogP contribution in [0.15, 0.2) is 35.1 Å². The van der Waals surface area contributed by atoms with Crippen molar-refractivity contribution in [2.75, 3.05) is 39.1 Å². The van der Waals surface area contributed by atoms with Gasteiger partial charge in [0.1, 0.15) is 0 Å². The number of aromatic nitrogens is 2. The first-order valence-corrected chi connectivity index (χ1v) is 9.14. The van der Waals surface area contributed by atoms with Gasteiger partial charge in [0.15, 0.2) is 0 Å². The van der Waals surface area contributed by atoms with Gasteiger partial charge in [0.05, 0.1) is 17.3 Å². The summed E-state index contributed by atoms with van der Waals surface area (Å²) in [6.07, 6.45) is 0.863. The van der Waals surface area contributed by atoms with E-state index in [4.69, 9.17) is 5.26 Å². The Morgan fingerprint density at radius 2 is 2.04 bits per heavy atom. The number of amides is 1. The van der Waals surface area contributed by atoms with Crippen LogP contribution in [-0.2, 0) is 6.54 Å². The number of benzene rings is 1. The second-order valence-electron chi connectivity index (χ2n) is 7.25. The molecule has 0 spiro atoms. The summed E-state index contributed by atoms with van der Waals surface area (Å²) in [6.45, 7) is 1.84. The number of likely N-dealkylation sites (tertiary alicyclic amines) is 1. The maximum atomic E-state index is 12.7. The van der Waals surface area contributed by atoms with E-state index >= 15 is 0 Å². The average molecular weight is 380 g/mol. The first kappa shape index (κ1) is 19.6. The van der Waals surface area contributed by atoms with E-state index in [1.54, 1.807) is 29.2 Å². The van der Waals surface area contributed by atoms with Crippen molar-refractivity contribution in [2.24, 2.45) is 0 Å². The van der Waals surface area contributed by atoms with Crippen LogP contribution in [0.1, 0.15) is 28.0 Å². The van der Waals surface area contributed by atoms with Crippen molar-refractivity contribution in [3.63, 3.8) is 0 Å². The van der Waals surface area contributed by atoms with Gasteiger partial charge in [0.2, 0.25) is 5.95 Å². The molecule has 1 unspecified atom stereocenters. The fraction of sp³-hybridized carbons (Fsp3) is 0.400. The highest BCUT2D eigenvalue weighted by Crippen LogP contribution is 2.19. The smallest absolute Gasteiger partial charge is 0.253 e. The number of hydrogen-bond acceptors (Lipinski definition) is 6. The van der Waals surface area contributed by atoms with Crippen molar-refractivity contribution < 1.29 is 4.79 Å². The molecule has 0 radical (unpaired) electrons.